The number of amides is 1. The maximum absolute atomic E-state index is 12.5. The monoisotopic (exact) mass is 365 g/mol. The zero-order valence-electron chi connectivity index (χ0n) is 14.8. The number of anilines is 1. The molecular formula is C18H27N3O3S. The minimum absolute atomic E-state index is 0.0444. The van der Waals surface area contributed by atoms with E-state index in [0.29, 0.717) is 18.8 Å². The molecule has 0 bridgehead atoms. The topological polar surface area (TPSA) is 69.7 Å². The molecule has 0 aromatic heterocycles. The highest BCUT2D eigenvalue weighted by atomic mass is 32.2. The summed E-state index contributed by atoms with van der Waals surface area (Å²) in [5, 5.41) is 2.90. The average molecular weight is 365 g/mol. The molecule has 25 heavy (non-hydrogen) atoms. The van der Waals surface area contributed by atoms with Crippen molar-refractivity contribution in [2.75, 3.05) is 31.5 Å². The molecule has 0 saturated carbocycles. The number of likely N-dealkylation sites (tertiary alicyclic amines) is 1. The number of carbonyl (C=O) groups excluding carboxylic acids is 1. The molecule has 138 valence electrons. The van der Waals surface area contributed by atoms with Crippen LogP contribution in [0.1, 0.15) is 39.0 Å². The van der Waals surface area contributed by atoms with Crippen LogP contribution in [0.3, 0.4) is 0 Å². The smallest absolute Gasteiger partial charge is 0.243 e. The van der Waals surface area contributed by atoms with Crippen molar-refractivity contribution in [2.24, 2.45) is 0 Å². The van der Waals surface area contributed by atoms with Gasteiger partial charge in [0.2, 0.25) is 15.9 Å². The summed E-state index contributed by atoms with van der Waals surface area (Å²) >= 11 is 0. The lowest BCUT2D eigenvalue weighted by Crippen LogP contribution is -2.44. The Bertz CT molecular complexity index is 691. The van der Waals surface area contributed by atoms with Crippen molar-refractivity contribution < 1.29 is 13.2 Å². The molecule has 1 aromatic carbocycles. The van der Waals surface area contributed by atoms with E-state index in [1.807, 2.05) is 6.92 Å². The zero-order chi connectivity index (χ0) is 17.9. The molecule has 7 heteroatoms. The SMILES string of the molecule is CC(C(=O)Nc1ccc(S(=O)(=O)N2CCCC2)cc1)N1CCCCC1. The number of nitrogens with one attached hydrogen (secondary N) is 1. The Morgan fingerprint density at radius 1 is 0.960 bits per heavy atom. The van der Waals surface area contributed by atoms with E-state index in [1.54, 1.807) is 24.3 Å². The second kappa shape index (κ2) is 7.85. The van der Waals surface area contributed by atoms with Gasteiger partial charge in [0.05, 0.1) is 10.9 Å². The van der Waals surface area contributed by atoms with Crippen LogP contribution in [0.15, 0.2) is 29.2 Å². The molecule has 1 amide bonds. The summed E-state index contributed by atoms with van der Waals surface area (Å²) in [6.45, 7) is 5.03. The molecule has 1 unspecified atom stereocenters. The lowest BCUT2D eigenvalue weighted by atomic mass is 10.1. The van der Waals surface area contributed by atoms with Crippen molar-refractivity contribution in [3.8, 4) is 0 Å². The molecule has 0 radical (unpaired) electrons. The molecule has 0 aliphatic carbocycles. The highest BCUT2D eigenvalue weighted by Crippen LogP contribution is 2.22. The van der Waals surface area contributed by atoms with Gasteiger partial charge in [-0.3, -0.25) is 9.69 Å². The summed E-state index contributed by atoms with van der Waals surface area (Å²) in [6.07, 6.45) is 5.35. The van der Waals surface area contributed by atoms with Crippen LogP contribution in [-0.2, 0) is 14.8 Å². The summed E-state index contributed by atoms with van der Waals surface area (Å²) in [4.78, 5) is 14.9. The molecule has 2 fully saturated rings. The van der Waals surface area contributed by atoms with Crippen molar-refractivity contribution in [1.29, 1.82) is 0 Å². The normalized spacial score (nSPS) is 21.2. The van der Waals surface area contributed by atoms with Crippen LogP contribution in [0.4, 0.5) is 5.69 Å². The zero-order valence-corrected chi connectivity index (χ0v) is 15.6. The van der Waals surface area contributed by atoms with Gasteiger partial charge in [-0.25, -0.2) is 8.42 Å². The quantitative estimate of drug-likeness (QED) is 0.869. The Morgan fingerprint density at radius 2 is 1.52 bits per heavy atom. The number of rotatable bonds is 5. The highest BCUT2D eigenvalue weighted by Gasteiger charge is 2.27. The highest BCUT2D eigenvalue weighted by molar-refractivity contribution is 7.89. The molecule has 2 saturated heterocycles. The van der Waals surface area contributed by atoms with E-state index in [1.165, 1.54) is 10.7 Å². The maximum Gasteiger partial charge on any atom is 0.243 e. The van der Waals surface area contributed by atoms with Crippen molar-refractivity contribution in [1.82, 2.24) is 9.21 Å². The first-order valence-corrected chi connectivity index (χ1v) is 10.6. The molecule has 2 heterocycles. The minimum Gasteiger partial charge on any atom is -0.325 e. The Balaban J connectivity index is 1.63. The summed E-state index contributed by atoms with van der Waals surface area (Å²) in [6, 6.07) is 6.32. The number of nitrogens with zero attached hydrogens (tertiary/aromatic N) is 2. The van der Waals surface area contributed by atoms with Crippen molar-refractivity contribution >= 4 is 21.6 Å². The Hall–Kier alpha value is -1.44. The van der Waals surface area contributed by atoms with E-state index in [-0.39, 0.29) is 16.8 Å². The molecule has 3 rings (SSSR count). The lowest BCUT2D eigenvalue weighted by molar-refractivity contribution is -0.121. The van der Waals surface area contributed by atoms with Crippen LogP contribution in [-0.4, -0.2) is 55.8 Å². The van der Waals surface area contributed by atoms with Gasteiger partial charge in [0, 0.05) is 18.8 Å². The fourth-order valence-corrected chi connectivity index (χ4v) is 5.02. The predicted molar refractivity (Wildman–Crippen MR) is 98.0 cm³/mol. The van der Waals surface area contributed by atoms with E-state index in [9.17, 15) is 13.2 Å². The van der Waals surface area contributed by atoms with Gasteiger partial charge in [0.25, 0.3) is 0 Å². The first kappa shape index (κ1) is 18.4. The van der Waals surface area contributed by atoms with Gasteiger partial charge in [-0.1, -0.05) is 6.42 Å². The minimum atomic E-state index is -3.40. The van der Waals surface area contributed by atoms with E-state index in [2.05, 4.69) is 10.2 Å². The maximum atomic E-state index is 12.5. The third-order valence-corrected chi connectivity index (χ3v) is 7.06. The number of carbonyl (C=O) groups is 1. The van der Waals surface area contributed by atoms with Crippen LogP contribution >= 0.6 is 0 Å². The fraction of sp³-hybridized carbons (Fsp3) is 0.611. The van der Waals surface area contributed by atoms with Crippen LogP contribution in [0.2, 0.25) is 0 Å². The Labute approximate surface area is 150 Å². The van der Waals surface area contributed by atoms with Gasteiger partial charge in [-0.2, -0.15) is 4.31 Å². The Morgan fingerprint density at radius 3 is 2.12 bits per heavy atom. The molecule has 2 aliphatic heterocycles. The first-order valence-electron chi connectivity index (χ1n) is 9.13. The van der Waals surface area contributed by atoms with E-state index in [0.717, 1.165) is 38.8 Å². The predicted octanol–water partition coefficient (Wildman–Crippen LogP) is 2.28. The number of sulfonamides is 1. The number of hydrogen-bond donors (Lipinski definition) is 1. The van der Waals surface area contributed by atoms with Crippen LogP contribution in [0.5, 0.6) is 0 Å². The van der Waals surface area contributed by atoms with Crippen LogP contribution < -0.4 is 5.32 Å². The second-order valence-electron chi connectivity index (χ2n) is 6.90. The van der Waals surface area contributed by atoms with Gasteiger partial charge >= 0.3 is 0 Å². The summed E-state index contributed by atoms with van der Waals surface area (Å²) in [7, 11) is -3.40. The van der Waals surface area contributed by atoms with Crippen LogP contribution in [0, 0.1) is 0 Å². The number of piperidine rings is 1. The lowest BCUT2D eigenvalue weighted by Gasteiger charge is -2.31. The largest absolute Gasteiger partial charge is 0.325 e. The van der Waals surface area contributed by atoms with E-state index >= 15 is 0 Å². The van der Waals surface area contributed by atoms with Crippen molar-refractivity contribution in [3.05, 3.63) is 24.3 Å². The van der Waals surface area contributed by atoms with Gasteiger partial charge in [-0.15, -0.1) is 0 Å². The number of benzene rings is 1. The second-order valence-corrected chi connectivity index (χ2v) is 8.84. The summed E-state index contributed by atoms with van der Waals surface area (Å²) in [5.74, 6) is -0.0444. The third-order valence-electron chi connectivity index (χ3n) is 5.14. The third kappa shape index (κ3) is 4.22. The molecular weight excluding hydrogens is 338 g/mol. The fourth-order valence-electron chi connectivity index (χ4n) is 3.51. The van der Waals surface area contributed by atoms with E-state index < -0.39 is 10.0 Å². The van der Waals surface area contributed by atoms with Gasteiger partial charge < -0.3 is 5.32 Å². The Kier molecular flexibility index (Phi) is 5.76. The summed E-state index contributed by atoms with van der Waals surface area (Å²) < 4.78 is 26.6. The average Bonchev–Trinajstić information content (AvgIpc) is 3.18. The molecule has 1 N–H and O–H groups in total. The van der Waals surface area contributed by atoms with Crippen molar-refractivity contribution in [2.45, 2.75) is 50.0 Å². The molecule has 6 nitrogen and oxygen atoms in total. The first-order chi connectivity index (χ1) is 12.0. The molecule has 2 aliphatic rings. The van der Waals surface area contributed by atoms with Crippen LogP contribution in [0.25, 0.3) is 0 Å². The molecule has 1 atom stereocenters. The number of hydrogen-bond acceptors (Lipinski definition) is 4. The van der Waals surface area contributed by atoms with Gasteiger partial charge in [0.1, 0.15) is 0 Å². The van der Waals surface area contributed by atoms with Gasteiger partial charge in [0.15, 0.2) is 0 Å². The molecule has 1 aromatic rings. The summed E-state index contributed by atoms with van der Waals surface area (Å²) in [5.41, 5.74) is 0.634. The van der Waals surface area contributed by atoms with Crippen molar-refractivity contribution in [3.63, 3.8) is 0 Å². The van der Waals surface area contributed by atoms with Gasteiger partial charge in [-0.05, 0) is 70.0 Å². The standard InChI is InChI=1S/C18H27N3O3S/c1-15(20-11-3-2-4-12-20)18(22)19-16-7-9-17(10-8-16)25(23,24)21-13-5-6-14-21/h7-10,15H,2-6,11-14H2,1H3,(H,19,22). The molecule has 0 spiro atoms. The van der Waals surface area contributed by atoms with E-state index in [4.69, 9.17) is 0 Å².